The molecule has 1 aromatic carbocycles. The van der Waals surface area contributed by atoms with E-state index < -0.39 is 10.0 Å². The van der Waals surface area contributed by atoms with Crippen molar-refractivity contribution in [3.05, 3.63) is 29.8 Å². The number of nitrogens with one attached hydrogen (secondary N) is 1. The van der Waals surface area contributed by atoms with Gasteiger partial charge in [0.25, 0.3) is 10.0 Å². The molecule has 0 saturated carbocycles. The van der Waals surface area contributed by atoms with Gasteiger partial charge >= 0.3 is 0 Å². The van der Waals surface area contributed by atoms with E-state index >= 15 is 0 Å². The molecular weight excluding hydrogens is 352 g/mol. The van der Waals surface area contributed by atoms with Crippen LogP contribution >= 0.6 is 12.4 Å². The molecule has 2 aliphatic heterocycles. The van der Waals surface area contributed by atoms with Gasteiger partial charge in [-0.05, 0) is 30.5 Å². The molecule has 0 aromatic heterocycles. The lowest BCUT2D eigenvalue weighted by atomic mass is 9.90. The van der Waals surface area contributed by atoms with Gasteiger partial charge in [0.2, 0.25) is 5.91 Å². The van der Waals surface area contributed by atoms with Gasteiger partial charge in [0.05, 0.1) is 4.90 Å². The van der Waals surface area contributed by atoms with Crippen LogP contribution in [-0.4, -0.2) is 51.2 Å². The number of fused-ring (bicyclic) bond motifs is 1. The van der Waals surface area contributed by atoms with Gasteiger partial charge < -0.3 is 10.6 Å². The zero-order valence-corrected chi connectivity index (χ0v) is 15.0. The molecule has 7 nitrogen and oxygen atoms in total. The Kier molecular flexibility index (Phi) is 5.22. The first kappa shape index (κ1) is 18.7. The average Bonchev–Trinajstić information content (AvgIpc) is 3.05. The SMILES string of the molecule is CC1(CN)CCN(C(=O)CN=C2NS(=O)(=O)c3ccccc32)C1.Cl. The number of hydrogen-bond donors (Lipinski definition) is 2. The first-order valence-electron chi connectivity index (χ1n) is 7.49. The lowest BCUT2D eigenvalue weighted by molar-refractivity contribution is -0.128. The van der Waals surface area contributed by atoms with Crippen LogP contribution in [0.5, 0.6) is 0 Å². The number of aliphatic imine (C=N–C) groups is 1. The van der Waals surface area contributed by atoms with Gasteiger partial charge in [0.15, 0.2) is 0 Å². The van der Waals surface area contributed by atoms with E-state index in [9.17, 15) is 13.2 Å². The fraction of sp³-hybridized carbons (Fsp3) is 0.467. The van der Waals surface area contributed by atoms with Crippen LogP contribution in [0, 0.1) is 5.41 Å². The summed E-state index contributed by atoms with van der Waals surface area (Å²) in [5, 5.41) is 0. The van der Waals surface area contributed by atoms with E-state index in [0.29, 0.717) is 25.2 Å². The van der Waals surface area contributed by atoms with Crippen LogP contribution in [0.1, 0.15) is 18.9 Å². The second-order valence-electron chi connectivity index (χ2n) is 6.35. The fourth-order valence-corrected chi connectivity index (χ4v) is 4.15. The summed E-state index contributed by atoms with van der Waals surface area (Å²) in [6.07, 6.45) is 0.876. The largest absolute Gasteiger partial charge is 0.340 e. The van der Waals surface area contributed by atoms with E-state index in [-0.39, 0.29) is 41.0 Å². The van der Waals surface area contributed by atoms with Crippen LogP contribution in [0.3, 0.4) is 0 Å². The molecule has 9 heteroatoms. The fourth-order valence-electron chi connectivity index (χ4n) is 2.90. The molecule has 132 valence electrons. The van der Waals surface area contributed by atoms with Crippen molar-refractivity contribution in [1.29, 1.82) is 0 Å². The highest BCUT2D eigenvalue weighted by Gasteiger charge is 2.35. The van der Waals surface area contributed by atoms with Gasteiger partial charge in [-0.15, -0.1) is 12.4 Å². The number of carbonyl (C=O) groups is 1. The van der Waals surface area contributed by atoms with Crippen molar-refractivity contribution in [3.8, 4) is 0 Å². The summed E-state index contributed by atoms with van der Waals surface area (Å²) in [6.45, 7) is 3.81. The third-order valence-electron chi connectivity index (χ3n) is 4.44. The van der Waals surface area contributed by atoms with E-state index in [1.807, 2.05) is 0 Å². The molecule has 0 bridgehead atoms. The Morgan fingerprint density at radius 1 is 1.42 bits per heavy atom. The van der Waals surface area contributed by atoms with Crippen molar-refractivity contribution >= 4 is 34.2 Å². The molecule has 1 amide bonds. The maximum absolute atomic E-state index is 12.3. The summed E-state index contributed by atoms with van der Waals surface area (Å²) >= 11 is 0. The maximum Gasteiger partial charge on any atom is 0.263 e. The van der Waals surface area contributed by atoms with Crippen molar-refractivity contribution in [3.63, 3.8) is 0 Å². The summed E-state index contributed by atoms with van der Waals surface area (Å²) in [4.78, 5) is 18.4. The van der Waals surface area contributed by atoms with Crippen LogP contribution in [-0.2, 0) is 14.8 Å². The summed E-state index contributed by atoms with van der Waals surface area (Å²) in [6, 6.07) is 6.60. The number of carbonyl (C=O) groups excluding carboxylic acids is 1. The molecule has 3 N–H and O–H groups in total. The van der Waals surface area contributed by atoms with E-state index in [0.717, 1.165) is 6.42 Å². The Bertz CT molecular complexity index is 781. The van der Waals surface area contributed by atoms with Gasteiger partial charge in [-0.2, -0.15) is 0 Å². The van der Waals surface area contributed by atoms with Crippen molar-refractivity contribution in [2.75, 3.05) is 26.2 Å². The second kappa shape index (κ2) is 6.70. The van der Waals surface area contributed by atoms with Gasteiger partial charge in [0, 0.05) is 18.7 Å². The standard InChI is InChI=1S/C15H20N4O3S.ClH/c1-15(9-16)6-7-19(10-15)13(20)8-17-14-11-4-2-3-5-12(11)23(21,22)18-14;/h2-5H,6-10,16H2,1H3,(H,17,18);1H. The first-order chi connectivity index (χ1) is 10.8. The highest BCUT2D eigenvalue weighted by Crippen LogP contribution is 2.28. The number of nitrogens with zero attached hydrogens (tertiary/aromatic N) is 2. The number of hydrogen-bond acceptors (Lipinski definition) is 5. The van der Waals surface area contributed by atoms with Gasteiger partial charge in [-0.3, -0.25) is 14.5 Å². The number of halogens is 1. The van der Waals surface area contributed by atoms with Crippen LogP contribution in [0.15, 0.2) is 34.2 Å². The number of likely N-dealkylation sites (tertiary alicyclic amines) is 1. The lowest BCUT2D eigenvalue weighted by Crippen LogP contribution is -2.36. The quantitative estimate of drug-likeness (QED) is 0.798. The number of sulfonamides is 1. The van der Waals surface area contributed by atoms with Gasteiger partial charge in [-0.1, -0.05) is 19.1 Å². The topological polar surface area (TPSA) is 105 Å². The first-order valence-corrected chi connectivity index (χ1v) is 8.97. The Labute approximate surface area is 147 Å². The van der Waals surface area contributed by atoms with Crippen molar-refractivity contribution in [1.82, 2.24) is 9.62 Å². The second-order valence-corrected chi connectivity index (χ2v) is 8.00. The number of benzene rings is 1. The molecule has 1 unspecified atom stereocenters. The minimum Gasteiger partial charge on any atom is -0.340 e. The lowest BCUT2D eigenvalue weighted by Gasteiger charge is -2.22. The van der Waals surface area contributed by atoms with Crippen molar-refractivity contribution < 1.29 is 13.2 Å². The van der Waals surface area contributed by atoms with E-state index in [1.165, 1.54) is 6.07 Å². The molecule has 0 spiro atoms. The Hall–Kier alpha value is -1.64. The third kappa shape index (κ3) is 3.40. The normalized spacial score (nSPS) is 25.9. The smallest absolute Gasteiger partial charge is 0.263 e. The molecule has 1 fully saturated rings. The molecule has 3 rings (SSSR count). The predicted molar refractivity (Wildman–Crippen MR) is 93.8 cm³/mol. The minimum absolute atomic E-state index is 0. The average molecular weight is 373 g/mol. The summed E-state index contributed by atoms with van der Waals surface area (Å²) in [5.41, 5.74) is 6.22. The maximum atomic E-state index is 12.3. The summed E-state index contributed by atoms with van der Waals surface area (Å²) < 4.78 is 26.4. The van der Waals surface area contributed by atoms with Gasteiger partial charge in [0.1, 0.15) is 12.4 Å². The van der Waals surface area contributed by atoms with Crippen LogP contribution in [0.2, 0.25) is 0 Å². The molecule has 0 aliphatic carbocycles. The number of amidine groups is 1. The molecule has 2 heterocycles. The van der Waals surface area contributed by atoms with Gasteiger partial charge in [-0.25, -0.2) is 8.42 Å². The van der Waals surface area contributed by atoms with Crippen LogP contribution in [0.4, 0.5) is 0 Å². The Balaban J connectivity index is 0.00000208. The van der Waals surface area contributed by atoms with Crippen LogP contribution < -0.4 is 10.5 Å². The number of rotatable bonds is 3. The Morgan fingerprint density at radius 2 is 2.12 bits per heavy atom. The highest BCUT2D eigenvalue weighted by molar-refractivity contribution is 7.90. The van der Waals surface area contributed by atoms with Crippen molar-refractivity contribution in [2.45, 2.75) is 18.2 Å². The minimum atomic E-state index is -3.57. The molecular formula is C15H21ClN4O3S. The number of amides is 1. The van der Waals surface area contributed by atoms with E-state index in [1.54, 1.807) is 23.1 Å². The highest BCUT2D eigenvalue weighted by atomic mass is 35.5. The zero-order chi connectivity index (χ0) is 16.7. The van der Waals surface area contributed by atoms with Crippen LogP contribution in [0.25, 0.3) is 0 Å². The summed E-state index contributed by atoms with van der Waals surface area (Å²) in [7, 11) is -3.57. The predicted octanol–water partition coefficient (Wildman–Crippen LogP) is 0.344. The summed E-state index contributed by atoms with van der Waals surface area (Å²) in [5.74, 6) is 0.119. The van der Waals surface area contributed by atoms with Crippen molar-refractivity contribution in [2.24, 2.45) is 16.1 Å². The molecule has 1 atom stereocenters. The third-order valence-corrected chi connectivity index (χ3v) is 5.84. The molecule has 1 saturated heterocycles. The zero-order valence-electron chi connectivity index (χ0n) is 13.4. The van der Waals surface area contributed by atoms with E-state index in [4.69, 9.17) is 5.73 Å². The molecule has 2 aliphatic rings. The van der Waals surface area contributed by atoms with E-state index in [2.05, 4.69) is 16.6 Å². The molecule has 1 aromatic rings. The number of nitrogens with two attached hydrogens (primary N) is 1. The monoisotopic (exact) mass is 372 g/mol. The molecule has 0 radical (unpaired) electrons. The molecule has 24 heavy (non-hydrogen) atoms. The Morgan fingerprint density at radius 3 is 2.79 bits per heavy atom.